The Morgan fingerprint density at radius 2 is 1.97 bits per heavy atom. The van der Waals surface area contributed by atoms with Crippen LogP contribution >= 0.6 is 35.6 Å². The van der Waals surface area contributed by atoms with E-state index >= 15 is 0 Å². The van der Waals surface area contributed by atoms with Gasteiger partial charge in [-0.1, -0.05) is 35.6 Å². The first kappa shape index (κ1) is 23.1. The molecule has 1 saturated heterocycles. The highest BCUT2D eigenvalue weighted by Crippen LogP contribution is 2.44. The predicted octanol–water partition coefficient (Wildman–Crippen LogP) is 3.98. The van der Waals surface area contributed by atoms with E-state index in [1.807, 2.05) is 0 Å². The number of benzene rings is 1. The van der Waals surface area contributed by atoms with Crippen molar-refractivity contribution in [1.29, 1.82) is 0 Å². The Balaban J connectivity index is 2.00. The monoisotopic (exact) mass is 482 g/mol. The summed E-state index contributed by atoms with van der Waals surface area (Å²) < 4.78 is 16.7. The molecule has 0 unspecified atom stereocenters. The Hall–Kier alpha value is -2.56. The van der Waals surface area contributed by atoms with Crippen molar-refractivity contribution in [3.63, 3.8) is 0 Å². The zero-order valence-corrected chi connectivity index (χ0v) is 19.3. The van der Waals surface area contributed by atoms with Crippen molar-refractivity contribution in [3.8, 4) is 17.2 Å². The van der Waals surface area contributed by atoms with Crippen molar-refractivity contribution in [2.45, 2.75) is 12.8 Å². The number of thiocarbonyl (C=S) groups is 1. The Morgan fingerprint density at radius 3 is 2.58 bits per heavy atom. The Kier molecular flexibility index (Phi) is 7.24. The molecule has 31 heavy (non-hydrogen) atoms. The zero-order valence-electron chi connectivity index (χ0n) is 16.9. The summed E-state index contributed by atoms with van der Waals surface area (Å²) in [5, 5.41) is 9.62. The van der Waals surface area contributed by atoms with E-state index in [1.54, 1.807) is 18.2 Å². The third-order valence-electron chi connectivity index (χ3n) is 4.54. The van der Waals surface area contributed by atoms with Crippen molar-refractivity contribution in [3.05, 3.63) is 27.8 Å². The molecule has 3 rings (SSSR count). The first-order valence-corrected chi connectivity index (χ1v) is 10.7. The molecule has 1 aromatic carbocycles. The molecule has 0 spiro atoms. The van der Waals surface area contributed by atoms with Crippen molar-refractivity contribution in [2.24, 2.45) is 0 Å². The molecule has 1 aromatic heterocycles. The molecule has 1 fully saturated rings. The summed E-state index contributed by atoms with van der Waals surface area (Å²) in [6.07, 6.45) is 1.88. The lowest BCUT2D eigenvalue weighted by atomic mass is 10.1. The summed E-state index contributed by atoms with van der Waals surface area (Å²) in [4.78, 5) is 29.7. The molecular weight excluding hydrogens is 464 g/mol. The minimum Gasteiger partial charge on any atom is -0.493 e. The molecule has 11 heteroatoms. The van der Waals surface area contributed by atoms with Crippen LogP contribution in [0.1, 0.15) is 18.4 Å². The number of methoxy groups -OCH3 is 3. The average molecular weight is 483 g/mol. The topological polar surface area (TPSA) is 98.2 Å². The SMILES string of the molecule is COc1cc2nc(Cl)c(C=C3SC(=S)N(CCCC(=O)O)C3=O)cc2c(OC)c1OC. The molecule has 1 aliphatic rings. The van der Waals surface area contributed by atoms with Crippen LogP contribution in [0.25, 0.3) is 17.0 Å². The van der Waals surface area contributed by atoms with E-state index in [-0.39, 0.29) is 24.0 Å². The first-order chi connectivity index (χ1) is 14.8. The molecular formula is C20H19ClN2O6S2. The number of carbonyl (C=O) groups is 2. The quantitative estimate of drug-likeness (QED) is 0.340. The minimum absolute atomic E-state index is 0.0401. The number of carboxylic acid groups (broad SMARTS) is 1. The van der Waals surface area contributed by atoms with Gasteiger partial charge >= 0.3 is 5.97 Å². The minimum atomic E-state index is -0.920. The maximum absolute atomic E-state index is 12.8. The lowest BCUT2D eigenvalue weighted by Crippen LogP contribution is -2.29. The highest BCUT2D eigenvalue weighted by molar-refractivity contribution is 8.26. The van der Waals surface area contributed by atoms with Crippen LogP contribution < -0.4 is 14.2 Å². The Labute approximate surface area is 193 Å². The van der Waals surface area contributed by atoms with Crippen LogP contribution in [-0.4, -0.2) is 59.1 Å². The fourth-order valence-corrected chi connectivity index (χ4v) is 4.61. The van der Waals surface area contributed by atoms with E-state index in [9.17, 15) is 9.59 Å². The lowest BCUT2D eigenvalue weighted by molar-refractivity contribution is -0.137. The number of nitrogens with zero attached hydrogens (tertiary/aromatic N) is 2. The van der Waals surface area contributed by atoms with E-state index in [4.69, 9.17) is 43.1 Å². The molecule has 1 aliphatic heterocycles. The third kappa shape index (κ3) is 4.70. The van der Waals surface area contributed by atoms with Gasteiger partial charge in [-0.05, 0) is 18.6 Å². The normalized spacial score (nSPS) is 15.1. The van der Waals surface area contributed by atoms with Crippen molar-refractivity contribution < 1.29 is 28.9 Å². The molecule has 0 bridgehead atoms. The number of aliphatic carboxylic acids is 1. The smallest absolute Gasteiger partial charge is 0.303 e. The van der Waals surface area contributed by atoms with Gasteiger partial charge in [0, 0.05) is 30.0 Å². The molecule has 1 N–H and O–H groups in total. The summed E-state index contributed by atoms with van der Waals surface area (Å²) in [6.45, 7) is 0.239. The maximum Gasteiger partial charge on any atom is 0.303 e. The predicted molar refractivity (Wildman–Crippen MR) is 123 cm³/mol. The van der Waals surface area contributed by atoms with Gasteiger partial charge in [0.25, 0.3) is 5.91 Å². The summed E-state index contributed by atoms with van der Waals surface area (Å²) >= 11 is 12.8. The van der Waals surface area contributed by atoms with Gasteiger partial charge in [0.15, 0.2) is 11.5 Å². The van der Waals surface area contributed by atoms with Crippen molar-refractivity contribution >= 4 is 68.8 Å². The molecule has 0 radical (unpaired) electrons. The molecule has 0 atom stereocenters. The number of carboxylic acids is 1. The number of thioether (sulfide) groups is 1. The van der Waals surface area contributed by atoms with Crippen LogP contribution in [-0.2, 0) is 9.59 Å². The Morgan fingerprint density at radius 1 is 1.26 bits per heavy atom. The fourth-order valence-electron chi connectivity index (χ4n) is 3.11. The summed E-state index contributed by atoms with van der Waals surface area (Å²) in [5.41, 5.74) is 1.04. The van der Waals surface area contributed by atoms with Crippen LogP contribution in [0, 0.1) is 0 Å². The van der Waals surface area contributed by atoms with Gasteiger partial charge in [0.2, 0.25) is 5.75 Å². The molecule has 0 aliphatic carbocycles. The number of aromatic nitrogens is 1. The van der Waals surface area contributed by atoms with Gasteiger partial charge in [-0.25, -0.2) is 4.98 Å². The summed E-state index contributed by atoms with van der Waals surface area (Å²) in [5.74, 6) is 0.0754. The highest BCUT2D eigenvalue weighted by atomic mass is 35.5. The van der Waals surface area contributed by atoms with E-state index in [0.29, 0.717) is 49.4 Å². The van der Waals surface area contributed by atoms with Gasteiger partial charge < -0.3 is 19.3 Å². The number of fused-ring (bicyclic) bond motifs is 1. The van der Waals surface area contributed by atoms with E-state index in [1.165, 1.54) is 26.2 Å². The van der Waals surface area contributed by atoms with Crippen LogP contribution in [0.15, 0.2) is 17.0 Å². The van der Waals surface area contributed by atoms with Crippen LogP contribution in [0.5, 0.6) is 17.2 Å². The molecule has 0 saturated carbocycles. The maximum atomic E-state index is 12.8. The molecule has 1 amide bonds. The number of pyridine rings is 1. The van der Waals surface area contributed by atoms with Crippen LogP contribution in [0.3, 0.4) is 0 Å². The highest BCUT2D eigenvalue weighted by Gasteiger charge is 2.32. The first-order valence-electron chi connectivity index (χ1n) is 9.07. The van der Waals surface area contributed by atoms with E-state index < -0.39 is 5.97 Å². The van der Waals surface area contributed by atoms with E-state index in [0.717, 1.165) is 11.8 Å². The average Bonchev–Trinajstić information content (AvgIpc) is 3.00. The molecule has 8 nitrogen and oxygen atoms in total. The summed E-state index contributed by atoms with van der Waals surface area (Å²) in [7, 11) is 4.52. The fraction of sp³-hybridized carbons (Fsp3) is 0.300. The van der Waals surface area contributed by atoms with Gasteiger partial charge in [-0.2, -0.15) is 0 Å². The molecule has 2 heterocycles. The van der Waals surface area contributed by atoms with Gasteiger partial charge in [0.05, 0.1) is 31.8 Å². The van der Waals surface area contributed by atoms with Crippen molar-refractivity contribution in [2.75, 3.05) is 27.9 Å². The molecule has 2 aromatic rings. The van der Waals surface area contributed by atoms with Gasteiger partial charge in [-0.3, -0.25) is 14.5 Å². The number of hydrogen-bond donors (Lipinski definition) is 1. The lowest BCUT2D eigenvalue weighted by Gasteiger charge is -2.15. The Bertz CT molecular complexity index is 1110. The van der Waals surface area contributed by atoms with Crippen LogP contribution in [0.4, 0.5) is 0 Å². The number of ether oxygens (including phenoxy) is 3. The second-order valence-corrected chi connectivity index (χ2v) is 8.44. The number of rotatable bonds is 8. The summed E-state index contributed by atoms with van der Waals surface area (Å²) in [6, 6.07) is 3.44. The second-order valence-electron chi connectivity index (χ2n) is 6.41. The largest absolute Gasteiger partial charge is 0.493 e. The van der Waals surface area contributed by atoms with E-state index in [2.05, 4.69) is 4.98 Å². The van der Waals surface area contributed by atoms with Crippen LogP contribution in [0.2, 0.25) is 5.15 Å². The number of hydrogen-bond acceptors (Lipinski definition) is 8. The third-order valence-corrected chi connectivity index (χ3v) is 6.22. The standard InChI is InChI=1S/C20H19ClN2O6S2/c1-27-13-9-12-11(16(28-2)17(13)29-3)7-10(18(21)22-12)8-14-19(26)23(20(30)31-14)6-4-5-15(24)25/h7-9H,4-6H2,1-3H3,(H,24,25). The number of halogens is 1. The zero-order chi connectivity index (χ0) is 22.7. The van der Waals surface area contributed by atoms with Gasteiger partial charge in [0.1, 0.15) is 9.47 Å². The second kappa shape index (κ2) is 9.71. The molecule has 164 valence electrons. The number of carbonyl (C=O) groups excluding carboxylic acids is 1. The van der Waals surface area contributed by atoms with Gasteiger partial charge in [-0.15, -0.1) is 0 Å². The van der Waals surface area contributed by atoms with Crippen molar-refractivity contribution in [1.82, 2.24) is 9.88 Å². The number of amides is 1.